The molecule has 0 saturated heterocycles. The summed E-state index contributed by atoms with van der Waals surface area (Å²) in [7, 11) is 3.80. The van der Waals surface area contributed by atoms with Crippen molar-refractivity contribution in [3.8, 4) is 5.75 Å². The van der Waals surface area contributed by atoms with Gasteiger partial charge in [-0.1, -0.05) is 42.5 Å². The van der Waals surface area contributed by atoms with Crippen molar-refractivity contribution in [2.75, 3.05) is 14.2 Å². The molecule has 0 aromatic heterocycles. The smallest absolute Gasteiger partial charge is 0.123 e. The minimum atomic E-state index is 0.294. The largest absolute Gasteiger partial charge is 0.496 e. The van der Waals surface area contributed by atoms with Crippen LogP contribution in [-0.2, 0) is 6.42 Å². The summed E-state index contributed by atoms with van der Waals surface area (Å²) in [6.45, 7) is 0. The average molecular weight is 281 g/mol. The van der Waals surface area contributed by atoms with Crippen LogP contribution < -0.4 is 10.1 Å². The number of aryl methyl sites for hydroxylation is 1. The van der Waals surface area contributed by atoms with Crippen LogP contribution in [0.4, 0.5) is 0 Å². The van der Waals surface area contributed by atoms with Gasteiger partial charge in [0.05, 0.1) is 7.11 Å². The molecule has 0 fully saturated rings. The molecule has 0 aliphatic heterocycles. The molecular formula is C19H23NO. The van der Waals surface area contributed by atoms with Crippen molar-refractivity contribution in [1.29, 1.82) is 0 Å². The molecule has 2 unspecified atom stereocenters. The molecule has 1 aliphatic carbocycles. The Morgan fingerprint density at radius 3 is 2.67 bits per heavy atom. The number of methoxy groups -OCH3 is 1. The molecule has 1 N–H and O–H groups in total. The van der Waals surface area contributed by atoms with Crippen molar-refractivity contribution in [2.24, 2.45) is 0 Å². The Bertz CT molecular complexity index is 608. The van der Waals surface area contributed by atoms with E-state index in [-0.39, 0.29) is 0 Å². The van der Waals surface area contributed by atoms with Gasteiger partial charge in [0.1, 0.15) is 5.75 Å². The Morgan fingerprint density at radius 2 is 1.86 bits per heavy atom. The zero-order valence-corrected chi connectivity index (χ0v) is 12.8. The lowest BCUT2D eigenvalue weighted by Crippen LogP contribution is -2.27. The molecule has 0 spiro atoms. The molecular weight excluding hydrogens is 258 g/mol. The third-order valence-corrected chi connectivity index (χ3v) is 4.60. The predicted molar refractivity (Wildman–Crippen MR) is 86.9 cm³/mol. The second-order valence-electron chi connectivity index (χ2n) is 5.71. The summed E-state index contributed by atoms with van der Waals surface area (Å²) in [5.74, 6) is 1.48. The van der Waals surface area contributed by atoms with Gasteiger partial charge in [-0.25, -0.2) is 0 Å². The SMILES string of the molecule is CNC(c1ccccc1OC)C1CCCc2ccccc21. The van der Waals surface area contributed by atoms with E-state index < -0.39 is 0 Å². The van der Waals surface area contributed by atoms with Gasteiger partial charge in [0.25, 0.3) is 0 Å². The summed E-state index contributed by atoms with van der Waals surface area (Å²) >= 11 is 0. The number of nitrogens with one attached hydrogen (secondary N) is 1. The first-order chi connectivity index (χ1) is 10.3. The fourth-order valence-corrected chi connectivity index (χ4v) is 3.63. The molecule has 2 nitrogen and oxygen atoms in total. The van der Waals surface area contributed by atoms with E-state index in [9.17, 15) is 0 Å². The van der Waals surface area contributed by atoms with E-state index in [2.05, 4.69) is 47.8 Å². The Hall–Kier alpha value is -1.80. The highest BCUT2D eigenvalue weighted by Crippen LogP contribution is 2.42. The first-order valence-electron chi connectivity index (χ1n) is 7.73. The monoisotopic (exact) mass is 281 g/mol. The Morgan fingerprint density at radius 1 is 1.10 bits per heavy atom. The fourth-order valence-electron chi connectivity index (χ4n) is 3.63. The fraction of sp³-hybridized carbons (Fsp3) is 0.368. The maximum Gasteiger partial charge on any atom is 0.123 e. The van der Waals surface area contributed by atoms with Crippen LogP contribution >= 0.6 is 0 Å². The summed E-state index contributed by atoms with van der Waals surface area (Å²) in [5, 5.41) is 3.52. The summed E-state index contributed by atoms with van der Waals surface area (Å²) in [5.41, 5.74) is 4.25. The maximum absolute atomic E-state index is 5.57. The number of hydrogen-bond acceptors (Lipinski definition) is 2. The summed E-state index contributed by atoms with van der Waals surface area (Å²) in [6.07, 6.45) is 3.69. The number of ether oxygens (including phenoxy) is 1. The molecule has 1 aliphatic rings. The van der Waals surface area contributed by atoms with Gasteiger partial charge in [0, 0.05) is 17.5 Å². The van der Waals surface area contributed by atoms with E-state index in [1.165, 1.54) is 36.0 Å². The van der Waals surface area contributed by atoms with Gasteiger partial charge in [-0.2, -0.15) is 0 Å². The average Bonchev–Trinajstić information content (AvgIpc) is 2.56. The molecule has 0 amide bonds. The lowest BCUT2D eigenvalue weighted by Gasteiger charge is -2.33. The second kappa shape index (κ2) is 6.31. The van der Waals surface area contributed by atoms with Crippen molar-refractivity contribution in [3.63, 3.8) is 0 Å². The molecule has 3 rings (SSSR count). The number of rotatable bonds is 4. The van der Waals surface area contributed by atoms with Crippen molar-refractivity contribution in [3.05, 3.63) is 65.2 Å². The lowest BCUT2D eigenvalue weighted by atomic mass is 9.76. The van der Waals surface area contributed by atoms with Gasteiger partial charge in [-0.15, -0.1) is 0 Å². The molecule has 0 heterocycles. The van der Waals surface area contributed by atoms with Gasteiger partial charge in [0.2, 0.25) is 0 Å². The molecule has 2 heteroatoms. The van der Waals surface area contributed by atoms with E-state index in [1.54, 1.807) is 7.11 Å². The number of benzene rings is 2. The number of hydrogen-bond donors (Lipinski definition) is 1. The van der Waals surface area contributed by atoms with E-state index in [4.69, 9.17) is 4.74 Å². The van der Waals surface area contributed by atoms with Crippen LogP contribution in [-0.4, -0.2) is 14.2 Å². The molecule has 110 valence electrons. The zero-order valence-electron chi connectivity index (χ0n) is 12.8. The van der Waals surface area contributed by atoms with Crippen molar-refractivity contribution in [2.45, 2.75) is 31.2 Å². The Balaban J connectivity index is 2.01. The molecule has 0 saturated carbocycles. The van der Waals surface area contributed by atoms with Gasteiger partial charge < -0.3 is 10.1 Å². The minimum absolute atomic E-state index is 0.294. The van der Waals surface area contributed by atoms with Crippen molar-refractivity contribution >= 4 is 0 Å². The van der Waals surface area contributed by atoms with Crippen molar-refractivity contribution in [1.82, 2.24) is 5.32 Å². The molecule has 2 aromatic rings. The highest BCUT2D eigenvalue weighted by molar-refractivity contribution is 5.41. The molecule has 0 bridgehead atoms. The lowest BCUT2D eigenvalue weighted by molar-refractivity contribution is 0.379. The number of fused-ring (bicyclic) bond motifs is 1. The van der Waals surface area contributed by atoms with Crippen LogP contribution in [0, 0.1) is 0 Å². The summed E-state index contributed by atoms with van der Waals surface area (Å²) in [6, 6.07) is 17.5. The number of likely N-dealkylation sites (N-methyl/N-ethyl adjacent to an activating group) is 1. The second-order valence-corrected chi connectivity index (χ2v) is 5.71. The van der Waals surface area contributed by atoms with Crippen LogP contribution in [0.5, 0.6) is 5.75 Å². The highest BCUT2D eigenvalue weighted by Gasteiger charge is 2.29. The first-order valence-corrected chi connectivity index (χ1v) is 7.73. The molecule has 2 atom stereocenters. The van der Waals surface area contributed by atoms with Crippen LogP contribution in [0.25, 0.3) is 0 Å². The van der Waals surface area contributed by atoms with Crippen molar-refractivity contribution < 1.29 is 4.74 Å². The molecule has 0 radical (unpaired) electrons. The third-order valence-electron chi connectivity index (χ3n) is 4.60. The minimum Gasteiger partial charge on any atom is -0.496 e. The van der Waals surface area contributed by atoms with E-state index in [1.807, 2.05) is 13.1 Å². The van der Waals surface area contributed by atoms with Crippen LogP contribution in [0.15, 0.2) is 48.5 Å². The third kappa shape index (κ3) is 2.68. The van der Waals surface area contributed by atoms with Crippen LogP contribution in [0.2, 0.25) is 0 Å². The summed E-state index contributed by atoms with van der Waals surface area (Å²) < 4.78 is 5.57. The van der Waals surface area contributed by atoms with Gasteiger partial charge >= 0.3 is 0 Å². The molecule has 21 heavy (non-hydrogen) atoms. The predicted octanol–water partition coefficient (Wildman–Crippen LogP) is 4.08. The quantitative estimate of drug-likeness (QED) is 0.912. The number of para-hydroxylation sites is 1. The van der Waals surface area contributed by atoms with E-state index in [0.29, 0.717) is 12.0 Å². The van der Waals surface area contributed by atoms with E-state index >= 15 is 0 Å². The Labute approximate surface area is 127 Å². The van der Waals surface area contributed by atoms with Gasteiger partial charge in [-0.3, -0.25) is 0 Å². The first kappa shape index (κ1) is 14.2. The van der Waals surface area contributed by atoms with Gasteiger partial charge in [-0.05, 0) is 43.5 Å². The van der Waals surface area contributed by atoms with Crippen LogP contribution in [0.1, 0.15) is 41.5 Å². The Kier molecular flexibility index (Phi) is 4.26. The van der Waals surface area contributed by atoms with Crippen LogP contribution in [0.3, 0.4) is 0 Å². The zero-order chi connectivity index (χ0) is 14.7. The summed E-state index contributed by atoms with van der Waals surface area (Å²) in [4.78, 5) is 0. The van der Waals surface area contributed by atoms with E-state index in [0.717, 1.165) is 5.75 Å². The molecule has 2 aromatic carbocycles. The van der Waals surface area contributed by atoms with Gasteiger partial charge in [0.15, 0.2) is 0 Å². The topological polar surface area (TPSA) is 21.3 Å². The maximum atomic E-state index is 5.57. The highest BCUT2D eigenvalue weighted by atomic mass is 16.5. The standard InChI is InChI=1S/C19H23NO/c1-20-19(17-11-5-6-13-18(17)21-2)16-12-7-9-14-8-3-4-10-15(14)16/h3-6,8,10-11,13,16,19-20H,7,9,12H2,1-2H3. The normalized spacial score (nSPS) is 18.9.